The van der Waals surface area contributed by atoms with Crippen LogP contribution in [0.3, 0.4) is 0 Å². The fourth-order valence-electron chi connectivity index (χ4n) is 7.07. The lowest BCUT2D eigenvalue weighted by molar-refractivity contribution is -0.121. The van der Waals surface area contributed by atoms with Crippen molar-refractivity contribution >= 4 is 12.1 Å². The minimum Gasteiger partial charge on any atom is -0.478 e. The van der Waals surface area contributed by atoms with Crippen molar-refractivity contribution in [1.82, 2.24) is 20.8 Å². The number of aromatic nitrogens is 2. The number of hydrogen-bond donors (Lipinski definition) is 4. The third kappa shape index (κ3) is 5.23. The van der Waals surface area contributed by atoms with Crippen molar-refractivity contribution in [3.05, 3.63) is 27.8 Å². The highest BCUT2D eigenvalue weighted by atomic mass is 16.5. The lowest BCUT2D eigenvalue weighted by Crippen LogP contribution is -2.56. The van der Waals surface area contributed by atoms with E-state index < -0.39 is 5.76 Å². The molecule has 0 unspecified atom stereocenters. The van der Waals surface area contributed by atoms with Crippen LogP contribution in [-0.2, 0) is 16.0 Å². The van der Waals surface area contributed by atoms with E-state index in [2.05, 4.69) is 25.3 Å². The minimum atomic E-state index is -0.588. The zero-order valence-corrected chi connectivity index (χ0v) is 19.8. The topological polar surface area (TPSA) is 133 Å². The van der Waals surface area contributed by atoms with Crippen LogP contribution in [0.25, 0.3) is 0 Å². The van der Waals surface area contributed by atoms with Gasteiger partial charge in [0.05, 0.1) is 6.61 Å². The van der Waals surface area contributed by atoms with Crippen molar-refractivity contribution in [3.63, 3.8) is 0 Å². The number of hydrogen-bond acceptors (Lipinski definition) is 7. The maximum atomic E-state index is 13.4. The molecule has 0 spiro atoms. The first-order valence-corrected chi connectivity index (χ1v) is 13.1. The first kappa shape index (κ1) is 23.2. The van der Waals surface area contributed by atoms with Crippen LogP contribution in [0, 0.1) is 35.0 Å². The first-order valence-electron chi connectivity index (χ1n) is 13.1. The van der Waals surface area contributed by atoms with E-state index >= 15 is 0 Å². The van der Waals surface area contributed by atoms with Gasteiger partial charge in [0.2, 0.25) is 5.88 Å². The molecule has 9 heteroatoms. The van der Waals surface area contributed by atoms with Gasteiger partial charge in [0, 0.05) is 28.1 Å². The lowest BCUT2D eigenvalue weighted by atomic mass is 9.54. The number of carbonyl (C=O) groups is 1. The molecule has 5 fully saturated rings. The highest BCUT2D eigenvalue weighted by Crippen LogP contribution is 2.53. The second-order valence-corrected chi connectivity index (χ2v) is 10.9. The average molecular weight is 476 g/mol. The van der Waals surface area contributed by atoms with Crippen LogP contribution in [0.5, 0.6) is 0 Å². The van der Waals surface area contributed by atoms with Gasteiger partial charge < -0.3 is 20.8 Å². The second-order valence-electron chi connectivity index (χ2n) is 10.9. The molecule has 0 radical (unpaired) electrons. The normalized spacial score (nSPS) is 31.1. The molecule has 5 aliphatic rings. The molecule has 6 rings (SSSR count). The van der Waals surface area contributed by atoms with Crippen LogP contribution in [0.15, 0.2) is 20.8 Å². The molecule has 1 amide bonds. The van der Waals surface area contributed by atoms with Crippen molar-refractivity contribution in [1.29, 1.82) is 5.41 Å². The SMILES string of the molecule is N=C/C(C(=O)NC1C2CC3CC(C2)CC1C3)=C(\NCCc1noc(=O)[nH]1)OCC1CCCCC1.[HH].[HH]. The summed E-state index contributed by atoms with van der Waals surface area (Å²) in [5.41, 5.74) is 0.235. The highest BCUT2D eigenvalue weighted by molar-refractivity contribution is 6.11. The summed E-state index contributed by atoms with van der Waals surface area (Å²) in [4.78, 5) is 27.1. The van der Waals surface area contributed by atoms with Crippen molar-refractivity contribution in [2.24, 2.45) is 29.6 Å². The van der Waals surface area contributed by atoms with Gasteiger partial charge in [-0.1, -0.05) is 24.4 Å². The van der Waals surface area contributed by atoms with Gasteiger partial charge in [-0.15, -0.1) is 0 Å². The molecule has 4 bridgehead atoms. The minimum absolute atomic E-state index is 0. The molecule has 4 N–H and O–H groups in total. The number of aromatic amines is 1. The predicted octanol–water partition coefficient (Wildman–Crippen LogP) is 3.39. The van der Waals surface area contributed by atoms with Crippen LogP contribution < -0.4 is 16.4 Å². The number of rotatable bonds is 10. The van der Waals surface area contributed by atoms with Crippen LogP contribution in [0.1, 0.15) is 72.9 Å². The van der Waals surface area contributed by atoms with Gasteiger partial charge in [0.15, 0.2) is 5.82 Å². The third-order valence-electron chi connectivity index (χ3n) is 8.48. The molecule has 190 valence electrons. The Balaban J connectivity index is 0.00000180. The Bertz CT molecular complexity index is 944. The van der Waals surface area contributed by atoms with Gasteiger partial charge in [0.1, 0.15) is 5.57 Å². The van der Waals surface area contributed by atoms with Crippen LogP contribution >= 0.6 is 0 Å². The summed E-state index contributed by atoms with van der Waals surface area (Å²) in [6.07, 6.45) is 13.7. The van der Waals surface area contributed by atoms with Gasteiger partial charge in [0.25, 0.3) is 5.91 Å². The summed E-state index contributed by atoms with van der Waals surface area (Å²) in [6, 6.07) is 0.204. The quantitative estimate of drug-likeness (QED) is 0.233. The Morgan fingerprint density at radius 3 is 2.47 bits per heavy atom. The molecular formula is C25H41N5O4. The second kappa shape index (κ2) is 10.4. The Hall–Kier alpha value is -2.58. The predicted molar refractivity (Wildman–Crippen MR) is 130 cm³/mol. The molecule has 34 heavy (non-hydrogen) atoms. The number of carbonyl (C=O) groups excluding carboxylic acids is 1. The monoisotopic (exact) mass is 475 g/mol. The zero-order chi connectivity index (χ0) is 23.5. The number of amides is 1. The van der Waals surface area contributed by atoms with E-state index in [0.717, 1.165) is 30.9 Å². The molecule has 5 aliphatic carbocycles. The summed E-state index contributed by atoms with van der Waals surface area (Å²) >= 11 is 0. The van der Waals surface area contributed by atoms with Crippen molar-refractivity contribution in [2.45, 2.75) is 76.7 Å². The summed E-state index contributed by atoms with van der Waals surface area (Å²) in [7, 11) is 0. The highest BCUT2D eigenvalue weighted by Gasteiger charge is 2.48. The first-order chi connectivity index (χ1) is 16.6. The van der Waals surface area contributed by atoms with Crippen molar-refractivity contribution in [3.8, 4) is 0 Å². The van der Waals surface area contributed by atoms with E-state index in [9.17, 15) is 9.59 Å². The molecule has 0 atom stereocenters. The van der Waals surface area contributed by atoms with Gasteiger partial charge in [-0.2, -0.15) is 0 Å². The molecule has 1 aromatic rings. The van der Waals surface area contributed by atoms with Gasteiger partial charge in [-0.3, -0.25) is 14.3 Å². The fourth-order valence-corrected chi connectivity index (χ4v) is 7.07. The maximum absolute atomic E-state index is 13.4. The molecule has 0 aliphatic heterocycles. The summed E-state index contributed by atoms with van der Waals surface area (Å²) < 4.78 is 10.7. The van der Waals surface area contributed by atoms with Gasteiger partial charge in [-0.25, -0.2) is 4.79 Å². The Kier molecular flexibility index (Phi) is 7.06. The smallest absolute Gasteiger partial charge is 0.438 e. The number of H-pyrrole nitrogens is 1. The van der Waals surface area contributed by atoms with E-state index in [4.69, 9.17) is 10.1 Å². The standard InChI is InChI=1S/C25H37N5O4.2H2/c26-13-20(23(31)29-22-18-9-16-8-17(11-18)12-19(22)10-16)24(33-14-15-4-2-1-3-5-15)27-7-6-21-28-25(32)34-30-21;;/h13,15-19,22,26-27H,1-12,14H2,(H,29,31)(H,28,30,32);2*1H/b24-20-,26-13?;;. The molecule has 9 nitrogen and oxygen atoms in total. The van der Waals surface area contributed by atoms with Crippen molar-refractivity contribution in [2.75, 3.05) is 13.2 Å². The molecule has 1 aromatic heterocycles. The van der Waals surface area contributed by atoms with Crippen LogP contribution in [-0.4, -0.2) is 41.5 Å². The zero-order valence-electron chi connectivity index (χ0n) is 19.8. The number of ether oxygens (including phenoxy) is 1. The Morgan fingerprint density at radius 1 is 1.15 bits per heavy atom. The maximum Gasteiger partial charge on any atom is 0.438 e. The van der Waals surface area contributed by atoms with Gasteiger partial charge in [-0.05, 0) is 74.5 Å². The summed E-state index contributed by atoms with van der Waals surface area (Å²) in [5, 5.41) is 18.2. The Morgan fingerprint density at radius 2 is 1.85 bits per heavy atom. The van der Waals surface area contributed by atoms with E-state index in [1.807, 2.05) is 0 Å². The average Bonchev–Trinajstić information content (AvgIpc) is 3.25. The number of nitrogens with zero attached hydrogens (tertiary/aromatic N) is 1. The molecule has 0 aromatic carbocycles. The summed E-state index contributed by atoms with van der Waals surface area (Å²) in [5.74, 6) is 3.23. The van der Waals surface area contributed by atoms with Crippen LogP contribution in [0.4, 0.5) is 0 Å². The van der Waals surface area contributed by atoms with E-state index in [1.165, 1.54) is 51.4 Å². The number of nitrogens with one attached hydrogen (secondary N) is 4. The Labute approximate surface area is 202 Å². The molecule has 1 heterocycles. The van der Waals surface area contributed by atoms with Crippen molar-refractivity contribution < 1.29 is 16.9 Å². The summed E-state index contributed by atoms with van der Waals surface area (Å²) in [6.45, 7) is 0.927. The lowest BCUT2D eigenvalue weighted by Gasteiger charge is -2.54. The fraction of sp³-hybridized carbons (Fsp3) is 0.760. The molecular weight excluding hydrogens is 434 g/mol. The third-order valence-corrected chi connectivity index (χ3v) is 8.48. The van der Waals surface area contributed by atoms with Crippen LogP contribution in [0.2, 0.25) is 0 Å². The van der Waals surface area contributed by atoms with E-state index in [-0.39, 0.29) is 20.4 Å². The van der Waals surface area contributed by atoms with E-state index in [0.29, 0.717) is 49.0 Å². The molecule has 0 saturated heterocycles. The van der Waals surface area contributed by atoms with E-state index in [1.54, 1.807) is 0 Å². The largest absolute Gasteiger partial charge is 0.478 e. The molecule has 5 saturated carbocycles. The van der Waals surface area contributed by atoms with Gasteiger partial charge >= 0.3 is 5.76 Å².